The molecule has 3 atom stereocenters. The summed E-state index contributed by atoms with van der Waals surface area (Å²) in [7, 11) is 1.78. The summed E-state index contributed by atoms with van der Waals surface area (Å²) in [5, 5.41) is 26.4. The van der Waals surface area contributed by atoms with Crippen LogP contribution in [0.15, 0.2) is 109 Å². The number of phenols is 1. The summed E-state index contributed by atoms with van der Waals surface area (Å²) in [5.74, 6) is -0.0465. The zero-order valence-corrected chi connectivity index (χ0v) is 41.1. The minimum atomic E-state index is -0.893. The number of unbranched alkanes of at least 4 members (excludes halogenated alkanes) is 3. The van der Waals surface area contributed by atoms with Crippen LogP contribution in [0.2, 0.25) is 0 Å². The lowest BCUT2D eigenvalue weighted by Gasteiger charge is -2.35. The lowest BCUT2D eigenvalue weighted by atomic mass is 9.85. The molecular formula is C55H67N5O7S. The predicted octanol–water partition coefficient (Wildman–Crippen LogP) is 9.18. The zero-order valence-electron chi connectivity index (χ0n) is 40.3. The number of aliphatic hydroxyl groups is 1. The smallest absolute Gasteiger partial charge is 0.246 e. The molecule has 12 nitrogen and oxygen atoms in total. The predicted molar refractivity (Wildman–Crippen MR) is 270 cm³/mol. The molecule has 1 aliphatic rings. The Kier molecular flexibility index (Phi) is 18.1. The molecule has 4 N–H and O–H groups in total. The number of hydrogen-bond acceptors (Lipinski definition) is 9. The molecule has 13 heteroatoms. The van der Waals surface area contributed by atoms with Crippen LogP contribution in [0.3, 0.4) is 0 Å². The van der Waals surface area contributed by atoms with Crippen molar-refractivity contribution in [3.05, 3.63) is 137 Å². The first kappa shape index (κ1) is 51.1. The Bertz CT molecular complexity index is 2480. The number of carbonyl (C=O) groups is 4. The zero-order chi connectivity index (χ0) is 48.8. The van der Waals surface area contributed by atoms with Crippen molar-refractivity contribution in [1.29, 1.82) is 0 Å². The average molecular weight is 942 g/mol. The van der Waals surface area contributed by atoms with Crippen LogP contribution < -0.4 is 15.4 Å². The molecule has 0 spiro atoms. The van der Waals surface area contributed by atoms with E-state index >= 15 is 0 Å². The van der Waals surface area contributed by atoms with Gasteiger partial charge in [-0.1, -0.05) is 119 Å². The van der Waals surface area contributed by atoms with E-state index in [1.807, 2.05) is 112 Å². The van der Waals surface area contributed by atoms with Crippen LogP contribution in [0.1, 0.15) is 107 Å². The number of amides is 4. The minimum absolute atomic E-state index is 0.00921. The Morgan fingerprint density at radius 2 is 1.51 bits per heavy atom. The molecule has 0 radical (unpaired) electrons. The van der Waals surface area contributed by atoms with Gasteiger partial charge < -0.3 is 35.4 Å². The number of aryl methyl sites for hydroxylation is 1. The van der Waals surface area contributed by atoms with Gasteiger partial charge in [0.25, 0.3) is 0 Å². The second-order valence-corrected chi connectivity index (χ2v) is 19.5. The highest BCUT2D eigenvalue weighted by Gasteiger charge is 2.44. The first-order valence-corrected chi connectivity index (χ1v) is 24.6. The van der Waals surface area contributed by atoms with Gasteiger partial charge in [-0.15, -0.1) is 11.3 Å². The molecule has 0 aliphatic carbocycles. The molecular weight excluding hydrogens is 875 g/mol. The van der Waals surface area contributed by atoms with Crippen LogP contribution in [-0.4, -0.2) is 93.6 Å². The number of allylic oxidation sites excluding steroid dienone is 1. The Balaban J connectivity index is 0.904. The molecule has 6 rings (SSSR count). The van der Waals surface area contributed by atoms with Gasteiger partial charge >= 0.3 is 0 Å². The molecule has 1 fully saturated rings. The van der Waals surface area contributed by atoms with Crippen molar-refractivity contribution in [3.63, 3.8) is 0 Å². The Morgan fingerprint density at radius 1 is 0.868 bits per heavy atom. The standard InChI is InChI=1S/C55H67N5O7S/c1-7-46(39-15-11-10-12-16-39)50(40-23-27-43(61)28-24-40)41-25-29-45(30-26-41)67-32-31-59(6)49(64)18-14-9-8-13-17-48(63)58-52(55(3,4)5)54(66)60-35-44(62)33-47(60)53(65)56-34-38-19-21-42(22-20-38)51-37(2)57-36-68-51/h10-12,15-16,19-30,36,44,47,52,61-62H,7-9,13-14,17-18,31-35H2,1-6H3,(H,56,65)(H,58,63)/t44-,47+,52-/m1/s1. The topological polar surface area (TPSA) is 161 Å². The van der Waals surface area contributed by atoms with Crippen molar-refractivity contribution in [2.24, 2.45) is 5.41 Å². The Hall–Kier alpha value is -6.31. The molecule has 2 heterocycles. The van der Waals surface area contributed by atoms with Gasteiger partial charge in [-0.3, -0.25) is 19.2 Å². The number of β-amino-alcohol motifs (C(OH)–C–C–N with tert-alkyl or cyclic N) is 1. The maximum Gasteiger partial charge on any atom is 0.246 e. The van der Waals surface area contributed by atoms with Crippen LogP contribution in [0.4, 0.5) is 0 Å². The molecule has 5 aromatic rings. The number of aromatic nitrogens is 1. The van der Waals surface area contributed by atoms with E-state index in [0.29, 0.717) is 38.2 Å². The van der Waals surface area contributed by atoms with Crippen LogP contribution in [0, 0.1) is 12.3 Å². The number of hydrogen-bond donors (Lipinski definition) is 4. The number of nitrogens with zero attached hydrogens (tertiary/aromatic N) is 3. The fraction of sp³-hybridized carbons (Fsp3) is 0.400. The second-order valence-electron chi connectivity index (χ2n) is 18.7. The van der Waals surface area contributed by atoms with E-state index in [2.05, 4.69) is 34.7 Å². The Morgan fingerprint density at radius 3 is 2.13 bits per heavy atom. The summed E-state index contributed by atoms with van der Waals surface area (Å²) in [6.45, 7) is 10.8. The number of benzene rings is 4. The van der Waals surface area contributed by atoms with E-state index in [1.165, 1.54) is 10.5 Å². The third-order valence-electron chi connectivity index (χ3n) is 12.5. The molecule has 68 heavy (non-hydrogen) atoms. The van der Waals surface area contributed by atoms with E-state index in [-0.39, 0.29) is 49.4 Å². The van der Waals surface area contributed by atoms with Crippen LogP contribution >= 0.6 is 11.3 Å². The largest absolute Gasteiger partial charge is 0.508 e. The highest BCUT2D eigenvalue weighted by atomic mass is 32.1. The lowest BCUT2D eigenvalue weighted by Crippen LogP contribution is -2.57. The third kappa shape index (κ3) is 13.9. The number of ether oxygens (including phenoxy) is 1. The number of likely N-dealkylation sites (tertiary alicyclic amines) is 1. The summed E-state index contributed by atoms with van der Waals surface area (Å²) in [4.78, 5) is 62.2. The molecule has 4 aromatic carbocycles. The summed E-state index contributed by atoms with van der Waals surface area (Å²) in [6.07, 6.45) is 3.52. The van der Waals surface area contributed by atoms with Crippen LogP contribution in [0.5, 0.6) is 11.5 Å². The van der Waals surface area contributed by atoms with E-state index in [9.17, 15) is 29.4 Å². The van der Waals surface area contributed by atoms with E-state index in [0.717, 1.165) is 63.2 Å². The summed E-state index contributed by atoms with van der Waals surface area (Å²) in [5.41, 5.74) is 9.57. The summed E-state index contributed by atoms with van der Waals surface area (Å²) < 4.78 is 6.05. The molecule has 0 saturated carbocycles. The normalized spacial score (nSPS) is 15.6. The number of thiazole rings is 1. The molecule has 1 aromatic heterocycles. The van der Waals surface area contributed by atoms with E-state index in [4.69, 9.17) is 4.74 Å². The summed E-state index contributed by atoms with van der Waals surface area (Å²) in [6, 6.07) is 31.7. The van der Waals surface area contributed by atoms with Gasteiger partial charge in [-0.05, 0) is 94.8 Å². The van der Waals surface area contributed by atoms with Crippen LogP contribution in [0.25, 0.3) is 21.6 Å². The van der Waals surface area contributed by atoms with Crippen molar-refractivity contribution in [2.75, 3.05) is 26.7 Å². The third-order valence-corrected chi connectivity index (χ3v) is 13.4. The fourth-order valence-corrected chi connectivity index (χ4v) is 9.38. The first-order valence-electron chi connectivity index (χ1n) is 23.7. The molecule has 0 bridgehead atoms. The number of nitrogens with one attached hydrogen (secondary N) is 2. The maximum atomic E-state index is 14.0. The number of rotatable bonds is 21. The number of aromatic hydroxyl groups is 1. The molecule has 360 valence electrons. The maximum absolute atomic E-state index is 14.0. The molecule has 4 amide bonds. The van der Waals surface area contributed by atoms with Gasteiger partial charge in [0.05, 0.1) is 28.7 Å². The second kappa shape index (κ2) is 24.1. The van der Waals surface area contributed by atoms with Gasteiger partial charge in [0.15, 0.2) is 0 Å². The van der Waals surface area contributed by atoms with Crippen molar-refractivity contribution < 1.29 is 34.1 Å². The SMILES string of the molecule is CCC(=C(c1ccc(O)cc1)c1ccc(OCCN(C)C(=O)CCCCCCC(=O)N[C@H](C(=O)N2C[C@H](O)C[C@H]2C(=O)NCc2ccc(-c3scnc3C)cc2)C(C)(C)C)cc1)c1ccccc1. The van der Waals surface area contributed by atoms with Crippen LogP contribution in [-0.2, 0) is 25.7 Å². The number of aliphatic hydroxyl groups excluding tert-OH is 1. The van der Waals surface area contributed by atoms with Gasteiger partial charge in [0, 0.05) is 39.4 Å². The van der Waals surface area contributed by atoms with Crippen molar-refractivity contribution in [1.82, 2.24) is 25.4 Å². The van der Waals surface area contributed by atoms with Gasteiger partial charge in [-0.2, -0.15) is 0 Å². The van der Waals surface area contributed by atoms with Gasteiger partial charge in [0.1, 0.15) is 30.2 Å². The molecule has 0 unspecified atom stereocenters. The van der Waals surface area contributed by atoms with E-state index < -0.39 is 29.5 Å². The van der Waals surface area contributed by atoms with Crippen molar-refractivity contribution in [2.45, 2.75) is 111 Å². The van der Waals surface area contributed by atoms with Gasteiger partial charge in [0.2, 0.25) is 23.6 Å². The summed E-state index contributed by atoms with van der Waals surface area (Å²) >= 11 is 1.58. The van der Waals surface area contributed by atoms with Gasteiger partial charge in [-0.25, -0.2) is 4.98 Å². The highest BCUT2D eigenvalue weighted by Crippen LogP contribution is 2.36. The first-order chi connectivity index (χ1) is 32.6. The number of likely N-dealkylation sites (N-methyl/N-ethyl adjacent to an activating group) is 1. The minimum Gasteiger partial charge on any atom is -0.508 e. The lowest BCUT2D eigenvalue weighted by molar-refractivity contribution is -0.144. The average Bonchev–Trinajstić information content (AvgIpc) is 3.95. The number of carbonyl (C=O) groups excluding carboxylic acids is 4. The van der Waals surface area contributed by atoms with Crippen molar-refractivity contribution in [3.8, 4) is 21.9 Å². The fourth-order valence-electron chi connectivity index (χ4n) is 8.57. The monoisotopic (exact) mass is 941 g/mol. The van der Waals surface area contributed by atoms with Crippen molar-refractivity contribution >= 4 is 46.1 Å². The number of phenolic OH excluding ortho intramolecular Hbond substituents is 1. The van der Waals surface area contributed by atoms with E-state index in [1.54, 1.807) is 35.4 Å². The highest BCUT2D eigenvalue weighted by molar-refractivity contribution is 7.13. The quantitative estimate of drug-likeness (QED) is 0.0419. The molecule has 1 saturated heterocycles. The Labute approximate surface area is 405 Å². The molecule has 1 aliphatic heterocycles.